The van der Waals surface area contributed by atoms with Crippen LogP contribution in [0, 0.1) is 0 Å². The van der Waals surface area contributed by atoms with Crippen LogP contribution in [0.15, 0.2) is 47.3 Å². The lowest BCUT2D eigenvalue weighted by atomic mass is 9.98. The second-order valence-corrected chi connectivity index (χ2v) is 6.57. The molecule has 0 aliphatic carbocycles. The van der Waals surface area contributed by atoms with Gasteiger partial charge in [-0.3, -0.25) is 9.98 Å². The third-order valence-electron chi connectivity index (χ3n) is 4.94. The fourth-order valence-electron chi connectivity index (χ4n) is 3.48. The summed E-state index contributed by atoms with van der Waals surface area (Å²) >= 11 is 0. The number of dihydropyridines is 1. The zero-order valence-electron chi connectivity index (χ0n) is 16.5. The molecule has 1 atom stereocenters. The van der Waals surface area contributed by atoms with E-state index in [0.717, 1.165) is 22.5 Å². The first-order chi connectivity index (χ1) is 14.2. The number of aliphatic hydroxyl groups is 1. The van der Waals surface area contributed by atoms with Gasteiger partial charge in [-0.05, 0) is 29.8 Å². The predicted molar refractivity (Wildman–Crippen MR) is 109 cm³/mol. The molecule has 1 unspecified atom stereocenters. The zero-order chi connectivity index (χ0) is 20.4. The van der Waals surface area contributed by atoms with E-state index in [0.29, 0.717) is 35.1 Å². The van der Waals surface area contributed by atoms with Crippen LogP contribution in [0.5, 0.6) is 17.2 Å². The van der Waals surface area contributed by atoms with Crippen molar-refractivity contribution in [3.8, 4) is 17.2 Å². The van der Waals surface area contributed by atoms with Crippen LogP contribution in [0.4, 0.5) is 0 Å². The van der Waals surface area contributed by atoms with Crippen molar-refractivity contribution < 1.29 is 24.1 Å². The molecule has 0 saturated heterocycles. The van der Waals surface area contributed by atoms with Gasteiger partial charge in [0.2, 0.25) is 5.75 Å². The van der Waals surface area contributed by atoms with Gasteiger partial charge in [-0.25, -0.2) is 0 Å². The molecule has 4 rings (SSSR count). The Morgan fingerprint density at radius 3 is 2.41 bits per heavy atom. The number of aromatic nitrogens is 1. The molecule has 1 N–H and O–H groups in total. The maximum absolute atomic E-state index is 9.21. The number of hydrogen-bond acceptors (Lipinski definition) is 7. The first-order valence-electron chi connectivity index (χ1n) is 9.19. The van der Waals surface area contributed by atoms with E-state index in [4.69, 9.17) is 18.9 Å². The Morgan fingerprint density at radius 2 is 1.83 bits per heavy atom. The summed E-state index contributed by atoms with van der Waals surface area (Å²) < 4.78 is 22.5. The standard InChI is InChI=1S/C22H22N2O5/c1-26-19-8-14(9-20(27-2)22(19)28-3)18-10-17-21(29-18)16(6-7-23-17)13-4-5-15(12-25)24-11-13/h4-5,7-11,17,25H,6,12H2,1-3H3. The molecule has 7 heteroatoms. The van der Waals surface area contributed by atoms with E-state index in [-0.39, 0.29) is 12.6 Å². The first kappa shape index (κ1) is 19.0. The number of rotatable bonds is 6. The Morgan fingerprint density at radius 1 is 1.07 bits per heavy atom. The molecule has 29 heavy (non-hydrogen) atoms. The molecule has 0 fully saturated rings. The van der Waals surface area contributed by atoms with Crippen LogP contribution >= 0.6 is 0 Å². The molecule has 0 saturated carbocycles. The molecule has 7 nitrogen and oxygen atoms in total. The molecule has 0 radical (unpaired) electrons. The third-order valence-corrected chi connectivity index (χ3v) is 4.94. The largest absolute Gasteiger partial charge is 0.493 e. The average Bonchev–Trinajstić information content (AvgIpc) is 3.22. The molecule has 150 valence electrons. The zero-order valence-corrected chi connectivity index (χ0v) is 16.5. The van der Waals surface area contributed by atoms with Gasteiger partial charge in [-0.1, -0.05) is 6.07 Å². The Balaban J connectivity index is 1.71. The van der Waals surface area contributed by atoms with Gasteiger partial charge in [0.1, 0.15) is 17.6 Å². The smallest absolute Gasteiger partial charge is 0.203 e. The molecule has 0 amide bonds. The molecular formula is C22H22N2O5. The van der Waals surface area contributed by atoms with Crippen LogP contribution in [0.25, 0.3) is 11.3 Å². The van der Waals surface area contributed by atoms with Crippen molar-refractivity contribution in [2.24, 2.45) is 4.99 Å². The average molecular weight is 394 g/mol. The summed E-state index contributed by atoms with van der Waals surface area (Å²) in [7, 11) is 4.74. The van der Waals surface area contributed by atoms with Crippen molar-refractivity contribution in [1.82, 2.24) is 4.98 Å². The van der Waals surface area contributed by atoms with E-state index < -0.39 is 0 Å². The minimum atomic E-state index is -0.189. The minimum absolute atomic E-state index is 0.0837. The number of methoxy groups -OCH3 is 3. The van der Waals surface area contributed by atoms with Gasteiger partial charge in [0.05, 0.1) is 33.6 Å². The summed E-state index contributed by atoms with van der Waals surface area (Å²) in [4.78, 5) is 8.84. The Labute approximate surface area is 168 Å². The van der Waals surface area contributed by atoms with E-state index in [2.05, 4.69) is 9.98 Å². The number of allylic oxidation sites excluding steroid dienone is 1. The Hall–Kier alpha value is -3.32. The van der Waals surface area contributed by atoms with Crippen molar-refractivity contribution in [3.63, 3.8) is 0 Å². The molecule has 2 aliphatic rings. The van der Waals surface area contributed by atoms with E-state index in [9.17, 15) is 5.11 Å². The molecule has 0 bridgehead atoms. The van der Waals surface area contributed by atoms with Crippen molar-refractivity contribution in [2.45, 2.75) is 19.1 Å². The number of ether oxygens (including phenoxy) is 4. The topological polar surface area (TPSA) is 82.4 Å². The highest BCUT2D eigenvalue weighted by Gasteiger charge is 2.30. The van der Waals surface area contributed by atoms with Gasteiger partial charge < -0.3 is 24.1 Å². The fraction of sp³-hybridized carbons (Fsp3) is 0.273. The summed E-state index contributed by atoms with van der Waals surface area (Å²) in [5, 5.41) is 9.21. The minimum Gasteiger partial charge on any atom is -0.493 e. The number of aliphatic imine (C=N–C) groups is 1. The Bertz CT molecular complexity index is 983. The third kappa shape index (κ3) is 3.45. The van der Waals surface area contributed by atoms with E-state index in [1.165, 1.54) is 0 Å². The van der Waals surface area contributed by atoms with Gasteiger partial charge in [0.15, 0.2) is 11.5 Å². The molecule has 3 heterocycles. The lowest BCUT2D eigenvalue weighted by molar-refractivity contribution is 0.277. The summed E-state index contributed by atoms with van der Waals surface area (Å²) in [5.41, 5.74) is 3.42. The quantitative estimate of drug-likeness (QED) is 0.810. The van der Waals surface area contributed by atoms with E-state index >= 15 is 0 Å². The summed E-state index contributed by atoms with van der Waals surface area (Å²) in [6.45, 7) is -0.0837. The number of pyridine rings is 1. The van der Waals surface area contributed by atoms with Crippen LogP contribution in [0.2, 0.25) is 0 Å². The van der Waals surface area contributed by atoms with Crippen LogP contribution in [0.1, 0.15) is 23.2 Å². The molecular weight excluding hydrogens is 372 g/mol. The van der Waals surface area contributed by atoms with E-state index in [1.807, 2.05) is 36.6 Å². The highest BCUT2D eigenvalue weighted by atomic mass is 16.5. The highest BCUT2D eigenvalue weighted by Crippen LogP contribution is 2.44. The maximum atomic E-state index is 9.21. The highest BCUT2D eigenvalue weighted by molar-refractivity contribution is 5.86. The normalized spacial score (nSPS) is 17.5. The van der Waals surface area contributed by atoms with E-state index in [1.54, 1.807) is 27.5 Å². The monoisotopic (exact) mass is 394 g/mol. The summed E-state index contributed by atoms with van der Waals surface area (Å²) in [6, 6.07) is 7.27. The first-order valence-corrected chi connectivity index (χ1v) is 9.19. The molecule has 2 aliphatic heterocycles. The number of hydrogen-bond donors (Lipinski definition) is 1. The van der Waals surface area contributed by atoms with Crippen LogP contribution in [-0.4, -0.2) is 43.7 Å². The SMILES string of the molecule is COc1cc(C2=CC3N=CCC(c4ccc(CO)nc4)=C3O2)cc(OC)c1OC. The second-order valence-electron chi connectivity index (χ2n) is 6.57. The summed E-state index contributed by atoms with van der Waals surface area (Å²) in [5.74, 6) is 3.11. The number of benzene rings is 1. The molecule has 1 aromatic heterocycles. The molecule has 1 aromatic carbocycles. The molecule has 0 spiro atoms. The second kappa shape index (κ2) is 7.97. The lowest BCUT2D eigenvalue weighted by Crippen LogP contribution is -2.10. The summed E-state index contributed by atoms with van der Waals surface area (Å²) in [6.07, 6.45) is 6.27. The fourth-order valence-corrected chi connectivity index (χ4v) is 3.48. The maximum Gasteiger partial charge on any atom is 0.203 e. The molecule has 2 aromatic rings. The van der Waals surface area contributed by atoms with Crippen molar-refractivity contribution in [2.75, 3.05) is 21.3 Å². The van der Waals surface area contributed by atoms with Gasteiger partial charge in [0, 0.05) is 30.0 Å². The number of aliphatic hydroxyl groups excluding tert-OH is 1. The van der Waals surface area contributed by atoms with Gasteiger partial charge in [-0.2, -0.15) is 0 Å². The van der Waals surface area contributed by atoms with Crippen LogP contribution in [0.3, 0.4) is 0 Å². The van der Waals surface area contributed by atoms with Crippen LogP contribution < -0.4 is 14.2 Å². The van der Waals surface area contributed by atoms with Crippen molar-refractivity contribution in [3.05, 3.63) is 59.1 Å². The lowest BCUT2D eigenvalue weighted by Gasteiger charge is -2.18. The van der Waals surface area contributed by atoms with Crippen molar-refractivity contribution >= 4 is 17.5 Å². The number of nitrogens with zero attached hydrogens (tertiary/aromatic N) is 2. The van der Waals surface area contributed by atoms with Gasteiger partial charge >= 0.3 is 0 Å². The van der Waals surface area contributed by atoms with Gasteiger partial charge in [-0.15, -0.1) is 0 Å². The van der Waals surface area contributed by atoms with Gasteiger partial charge in [0.25, 0.3) is 0 Å². The Kier molecular flexibility index (Phi) is 5.22. The number of fused-ring (bicyclic) bond motifs is 1. The van der Waals surface area contributed by atoms with Crippen LogP contribution in [-0.2, 0) is 11.3 Å². The predicted octanol–water partition coefficient (Wildman–Crippen LogP) is 3.23. The van der Waals surface area contributed by atoms with Crippen molar-refractivity contribution in [1.29, 1.82) is 0 Å².